The maximum absolute atomic E-state index is 12.1. The SMILES string of the molecule is O=c1[nH]nc(CO)n1Cc1cccc(OC(F)F)c1. The molecule has 1 heterocycles. The van der Waals surface area contributed by atoms with Gasteiger partial charge in [0.2, 0.25) is 0 Å². The van der Waals surface area contributed by atoms with E-state index in [2.05, 4.69) is 14.9 Å². The number of rotatable bonds is 5. The van der Waals surface area contributed by atoms with Crippen LogP contribution < -0.4 is 10.4 Å². The molecule has 0 atom stereocenters. The van der Waals surface area contributed by atoms with E-state index in [1.54, 1.807) is 6.07 Å². The Morgan fingerprint density at radius 1 is 1.47 bits per heavy atom. The molecular formula is C11H11F2N3O3. The van der Waals surface area contributed by atoms with Crippen LogP contribution in [-0.2, 0) is 13.2 Å². The van der Waals surface area contributed by atoms with Crippen LogP contribution in [0.15, 0.2) is 29.1 Å². The number of nitrogens with zero attached hydrogens (tertiary/aromatic N) is 2. The van der Waals surface area contributed by atoms with E-state index in [1.165, 1.54) is 22.8 Å². The number of benzene rings is 1. The summed E-state index contributed by atoms with van der Waals surface area (Å²) >= 11 is 0. The van der Waals surface area contributed by atoms with Gasteiger partial charge in [-0.2, -0.15) is 13.9 Å². The van der Waals surface area contributed by atoms with Crippen molar-refractivity contribution < 1.29 is 18.6 Å². The number of halogens is 2. The van der Waals surface area contributed by atoms with Crippen LogP contribution in [0, 0.1) is 0 Å². The topological polar surface area (TPSA) is 80.1 Å². The van der Waals surface area contributed by atoms with Crippen LogP contribution in [0.4, 0.5) is 8.78 Å². The molecule has 102 valence electrons. The lowest BCUT2D eigenvalue weighted by Crippen LogP contribution is -2.19. The number of alkyl halides is 2. The smallest absolute Gasteiger partial charge is 0.387 e. The highest BCUT2D eigenvalue weighted by Gasteiger charge is 2.09. The molecule has 0 radical (unpaired) electrons. The van der Waals surface area contributed by atoms with Crippen molar-refractivity contribution in [2.24, 2.45) is 0 Å². The first-order valence-corrected chi connectivity index (χ1v) is 5.39. The van der Waals surface area contributed by atoms with Crippen molar-refractivity contribution in [2.75, 3.05) is 0 Å². The van der Waals surface area contributed by atoms with Gasteiger partial charge in [0.1, 0.15) is 12.4 Å². The second kappa shape index (κ2) is 5.61. The molecule has 0 aliphatic heterocycles. The summed E-state index contributed by atoms with van der Waals surface area (Å²) in [6, 6.07) is 5.98. The minimum atomic E-state index is -2.90. The molecule has 6 nitrogen and oxygen atoms in total. The molecule has 0 amide bonds. The Hall–Kier alpha value is -2.22. The lowest BCUT2D eigenvalue weighted by Gasteiger charge is -2.07. The van der Waals surface area contributed by atoms with Gasteiger partial charge in [-0.05, 0) is 17.7 Å². The molecule has 0 aliphatic rings. The maximum atomic E-state index is 12.1. The quantitative estimate of drug-likeness (QED) is 0.839. The van der Waals surface area contributed by atoms with Crippen LogP contribution in [0.3, 0.4) is 0 Å². The van der Waals surface area contributed by atoms with Crippen molar-refractivity contribution in [2.45, 2.75) is 19.8 Å². The summed E-state index contributed by atoms with van der Waals surface area (Å²) in [7, 11) is 0. The number of H-pyrrole nitrogens is 1. The first kappa shape index (κ1) is 13.2. The fourth-order valence-corrected chi connectivity index (χ4v) is 1.64. The molecule has 0 bridgehead atoms. The van der Waals surface area contributed by atoms with Crippen LogP contribution in [0.2, 0.25) is 0 Å². The largest absolute Gasteiger partial charge is 0.435 e. The first-order valence-electron chi connectivity index (χ1n) is 5.39. The summed E-state index contributed by atoms with van der Waals surface area (Å²) in [5.41, 5.74) is 0.0978. The third-order valence-electron chi connectivity index (χ3n) is 2.44. The van der Waals surface area contributed by atoms with E-state index in [1.807, 2.05) is 0 Å². The average molecular weight is 271 g/mol. The van der Waals surface area contributed by atoms with Crippen LogP contribution in [-0.4, -0.2) is 26.5 Å². The normalized spacial score (nSPS) is 10.9. The van der Waals surface area contributed by atoms with Crippen molar-refractivity contribution in [1.29, 1.82) is 0 Å². The minimum Gasteiger partial charge on any atom is -0.435 e. The molecule has 19 heavy (non-hydrogen) atoms. The number of nitrogens with one attached hydrogen (secondary N) is 1. The molecule has 1 aromatic heterocycles. The number of hydrogen-bond acceptors (Lipinski definition) is 4. The Labute approximate surface area is 106 Å². The van der Waals surface area contributed by atoms with E-state index in [9.17, 15) is 13.6 Å². The summed E-state index contributed by atoms with van der Waals surface area (Å²) in [5, 5.41) is 14.8. The lowest BCUT2D eigenvalue weighted by molar-refractivity contribution is -0.0498. The Bertz CT molecular complexity index is 609. The summed E-state index contributed by atoms with van der Waals surface area (Å²) < 4.78 is 29.7. The predicted octanol–water partition coefficient (Wildman–Crippen LogP) is 0.713. The van der Waals surface area contributed by atoms with Crippen LogP contribution >= 0.6 is 0 Å². The number of hydrogen-bond donors (Lipinski definition) is 2. The fourth-order valence-electron chi connectivity index (χ4n) is 1.64. The van der Waals surface area contributed by atoms with Gasteiger partial charge in [0.25, 0.3) is 0 Å². The molecule has 0 saturated heterocycles. The van der Waals surface area contributed by atoms with Crippen molar-refractivity contribution in [3.8, 4) is 5.75 Å². The van der Waals surface area contributed by atoms with Gasteiger partial charge in [0.15, 0.2) is 5.82 Å². The van der Waals surface area contributed by atoms with Crippen LogP contribution in [0.1, 0.15) is 11.4 Å². The van der Waals surface area contributed by atoms with Gasteiger partial charge < -0.3 is 9.84 Å². The number of aromatic amines is 1. The van der Waals surface area contributed by atoms with Crippen molar-refractivity contribution in [1.82, 2.24) is 14.8 Å². The molecular weight excluding hydrogens is 260 g/mol. The van der Waals surface area contributed by atoms with Crippen LogP contribution in [0.25, 0.3) is 0 Å². The zero-order valence-electron chi connectivity index (χ0n) is 9.72. The van der Waals surface area contributed by atoms with E-state index in [0.717, 1.165) is 0 Å². The predicted molar refractivity (Wildman–Crippen MR) is 60.9 cm³/mol. The number of ether oxygens (including phenoxy) is 1. The van der Waals surface area contributed by atoms with Crippen molar-refractivity contribution in [3.05, 3.63) is 46.1 Å². The van der Waals surface area contributed by atoms with Gasteiger partial charge in [-0.25, -0.2) is 9.89 Å². The lowest BCUT2D eigenvalue weighted by atomic mass is 10.2. The summed E-state index contributed by atoms with van der Waals surface area (Å²) in [5.74, 6) is 0.180. The van der Waals surface area contributed by atoms with Gasteiger partial charge in [0.05, 0.1) is 6.54 Å². The van der Waals surface area contributed by atoms with E-state index in [-0.39, 0.29) is 18.1 Å². The highest BCUT2D eigenvalue weighted by molar-refractivity contribution is 5.28. The van der Waals surface area contributed by atoms with E-state index in [4.69, 9.17) is 5.11 Å². The zero-order valence-corrected chi connectivity index (χ0v) is 9.72. The minimum absolute atomic E-state index is 0.00888. The Kier molecular flexibility index (Phi) is 3.91. The standard InChI is InChI=1S/C11H11F2N3O3/c12-10(13)19-8-3-1-2-7(4-8)5-16-9(6-17)14-15-11(16)18/h1-4,10,17H,5-6H2,(H,15,18). The van der Waals surface area contributed by atoms with Gasteiger partial charge in [-0.3, -0.25) is 4.57 Å². The Morgan fingerprint density at radius 3 is 2.95 bits per heavy atom. The number of aliphatic hydroxyl groups is 1. The molecule has 0 aliphatic carbocycles. The monoisotopic (exact) mass is 271 g/mol. The van der Waals surface area contributed by atoms with E-state index < -0.39 is 18.9 Å². The van der Waals surface area contributed by atoms with E-state index >= 15 is 0 Å². The molecule has 0 saturated carbocycles. The second-order valence-corrected chi connectivity index (χ2v) is 3.72. The first-order chi connectivity index (χ1) is 9.10. The van der Waals surface area contributed by atoms with E-state index in [0.29, 0.717) is 5.56 Å². The van der Waals surface area contributed by atoms with Gasteiger partial charge in [-0.1, -0.05) is 12.1 Å². The molecule has 0 fully saturated rings. The fraction of sp³-hybridized carbons (Fsp3) is 0.273. The molecule has 0 spiro atoms. The molecule has 0 unspecified atom stereocenters. The molecule has 2 rings (SSSR count). The Balaban J connectivity index is 2.23. The third-order valence-corrected chi connectivity index (χ3v) is 2.44. The van der Waals surface area contributed by atoms with Crippen molar-refractivity contribution in [3.63, 3.8) is 0 Å². The second-order valence-electron chi connectivity index (χ2n) is 3.72. The summed E-state index contributed by atoms with van der Waals surface area (Å²) in [4.78, 5) is 11.4. The number of aliphatic hydroxyl groups excluding tert-OH is 1. The van der Waals surface area contributed by atoms with Crippen LogP contribution in [0.5, 0.6) is 5.75 Å². The third kappa shape index (κ3) is 3.16. The Morgan fingerprint density at radius 2 is 2.26 bits per heavy atom. The van der Waals surface area contributed by atoms with Gasteiger partial charge in [0, 0.05) is 0 Å². The molecule has 1 aromatic carbocycles. The number of aromatic nitrogens is 3. The van der Waals surface area contributed by atoms with Gasteiger partial charge >= 0.3 is 12.3 Å². The summed E-state index contributed by atoms with van der Waals surface area (Å²) in [6.07, 6.45) is 0. The van der Waals surface area contributed by atoms with Crippen molar-refractivity contribution >= 4 is 0 Å². The highest BCUT2D eigenvalue weighted by atomic mass is 19.3. The molecule has 8 heteroatoms. The molecule has 2 aromatic rings. The molecule has 2 N–H and O–H groups in total. The van der Waals surface area contributed by atoms with Gasteiger partial charge in [-0.15, -0.1) is 0 Å². The average Bonchev–Trinajstić information content (AvgIpc) is 2.70. The highest BCUT2D eigenvalue weighted by Crippen LogP contribution is 2.16. The maximum Gasteiger partial charge on any atom is 0.387 e. The zero-order chi connectivity index (χ0) is 13.8. The summed E-state index contributed by atoms with van der Waals surface area (Å²) in [6.45, 7) is -3.20.